The van der Waals surface area contributed by atoms with Crippen molar-refractivity contribution >= 4 is 10.8 Å². The largest absolute Gasteiger partial charge is 0.264 e. The van der Waals surface area contributed by atoms with Gasteiger partial charge in [0.25, 0.3) is 0 Å². The van der Waals surface area contributed by atoms with Gasteiger partial charge in [-0.25, -0.2) is 0 Å². The predicted octanol–water partition coefficient (Wildman–Crippen LogP) is 2.37. The van der Waals surface area contributed by atoms with Crippen LogP contribution in [0.2, 0.25) is 0 Å². The van der Waals surface area contributed by atoms with E-state index in [1.54, 1.807) is 12.4 Å². The molecule has 0 radical (unpaired) electrons. The first kappa shape index (κ1) is 9.18. The zero-order valence-corrected chi connectivity index (χ0v) is 7.88. The smallest absolute Gasteiger partial charge is 0.160 e. The summed E-state index contributed by atoms with van der Waals surface area (Å²) in [6, 6.07) is 11.5. The summed E-state index contributed by atoms with van der Waals surface area (Å²) in [4.78, 5) is 4.03. The Bertz CT molecular complexity index is 556. The molecule has 0 atom stereocenters. The Kier molecular flexibility index (Phi) is 2.31. The molecule has 2 rings (SSSR count). The lowest BCUT2D eigenvalue weighted by atomic mass is 9.98. The van der Waals surface area contributed by atoms with Gasteiger partial charge in [0.15, 0.2) is 5.92 Å². The Morgan fingerprint density at radius 2 is 1.80 bits per heavy atom. The molecule has 0 unspecified atom stereocenters. The number of hydrogen-bond acceptors (Lipinski definition) is 3. The van der Waals surface area contributed by atoms with Gasteiger partial charge in [-0.05, 0) is 5.39 Å². The van der Waals surface area contributed by atoms with Crippen molar-refractivity contribution in [3.63, 3.8) is 0 Å². The summed E-state index contributed by atoms with van der Waals surface area (Å²) in [6.07, 6.45) is 3.31. The molecule has 3 heteroatoms. The lowest BCUT2D eigenvalue weighted by molar-refractivity contribution is 1.09. The van der Waals surface area contributed by atoms with Gasteiger partial charge >= 0.3 is 0 Å². The fourth-order valence-electron chi connectivity index (χ4n) is 1.54. The topological polar surface area (TPSA) is 60.5 Å². The summed E-state index contributed by atoms with van der Waals surface area (Å²) in [5, 5.41) is 19.5. The summed E-state index contributed by atoms with van der Waals surface area (Å²) >= 11 is 0. The maximum absolute atomic E-state index is 8.84. The molecule has 0 bridgehead atoms. The zero-order valence-electron chi connectivity index (χ0n) is 7.88. The van der Waals surface area contributed by atoms with Gasteiger partial charge in [0, 0.05) is 23.3 Å². The molecule has 0 aliphatic heterocycles. The van der Waals surface area contributed by atoms with Crippen LogP contribution in [0.1, 0.15) is 11.5 Å². The van der Waals surface area contributed by atoms with E-state index in [1.165, 1.54) is 0 Å². The molecule has 0 aliphatic carbocycles. The molecule has 0 saturated heterocycles. The number of aromatic nitrogens is 1. The second kappa shape index (κ2) is 3.77. The summed E-state index contributed by atoms with van der Waals surface area (Å²) < 4.78 is 0. The van der Waals surface area contributed by atoms with Crippen LogP contribution in [-0.2, 0) is 0 Å². The fourth-order valence-corrected chi connectivity index (χ4v) is 1.54. The van der Waals surface area contributed by atoms with E-state index in [-0.39, 0.29) is 0 Å². The average Bonchev–Trinajstić information content (AvgIpc) is 2.31. The van der Waals surface area contributed by atoms with Crippen molar-refractivity contribution in [3.8, 4) is 12.1 Å². The molecule has 0 aliphatic rings. The van der Waals surface area contributed by atoms with Crippen LogP contribution in [0.15, 0.2) is 36.7 Å². The monoisotopic (exact) mass is 193 g/mol. The van der Waals surface area contributed by atoms with E-state index in [4.69, 9.17) is 10.5 Å². The van der Waals surface area contributed by atoms with Gasteiger partial charge in [0.2, 0.25) is 0 Å². The third kappa shape index (κ3) is 1.51. The molecule has 0 spiro atoms. The molecule has 0 N–H and O–H groups in total. The van der Waals surface area contributed by atoms with E-state index < -0.39 is 5.92 Å². The van der Waals surface area contributed by atoms with Crippen LogP contribution in [0.5, 0.6) is 0 Å². The number of pyridine rings is 1. The van der Waals surface area contributed by atoms with Crippen molar-refractivity contribution in [2.24, 2.45) is 0 Å². The molecular weight excluding hydrogens is 186 g/mol. The van der Waals surface area contributed by atoms with E-state index in [0.717, 1.165) is 10.8 Å². The lowest BCUT2D eigenvalue weighted by Gasteiger charge is -2.04. The second-order valence-corrected chi connectivity index (χ2v) is 3.14. The van der Waals surface area contributed by atoms with Crippen molar-refractivity contribution in [1.82, 2.24) is 4.98 Å². The number of rotatable bonds is 1. The summed E-state index contributed by atoms with van der Waals surface area (Å²) in [5.74, 6) is -0.747. The number of nitrogens with zero attached hydrogens (tertiary/aromatic N) is 3. The number of fused-ring (bicyclic) bond motifs is 1. The molecule has 1 aromatic heterocycles. The molecule has 15 heavy (non-hydrogen) atoms. The summed E-state index contributed by atoms with van der Waals surface area (Å²) in [6.45, 7) is 0. The molecule has 0 fully saturated rings. The van der Waals surface area contributed by atoms with E-state index in [2.05, 4.69) is 4.98 Å². The highest BCUT2D eigenvalue weighted by Gasteiger charge is 2.12. The standard InChI is InChI=1S/C12H7N3/c13-5-10(6-14)12-8-15-7-9-3-1-2-4-11(9)12/h1-4,7-8,10H. The first-order valence-corrected chi connectivity index (χ1v) is 4.48. The first-order chi connectivity index (χ1) is 7.36. The van der Waals surface area contributed by atoms with Crippen molar-refractivity contribution in [2.45, 2.75) is 5.92 Å². The number of nitriles is 2. The van der Waals surface area contributed by atoms with Crippen LogP contribution >= 0.6 is 0 Å². The van der Waals surface area contributed by atoms with E-state index in [1.807, 2.05) is 36.4 Å². The quantitative estimate of drug-likeness (QED) is 0.698. The van der Waals surface area contributed by atoms with Gasteiger partial charge in [-0.3, -0.25) is 4.98 Å². The third-order valence-corrected chi connectivity index (χ3v) is 2.27. The minimum Gasteiger partial charge on any atom is -0.264 e. The van der Waals surface area contributed by atoms with Gasteiger partial charge in [-0.2, -0.15) is 10.5 Å². The average molecular weight is 193 g/mol. The zero-order chi connectivity index (χ0) is 10.7. The molecule has 1 aromatic carbocycles. The van der Waals surface area contributed by atoms with E-state index >= 15 is 0 Å². The fraction of sp³-hybridized carbons (Fsp3) is 0.0833. The highest BCUT2D eigenvalue weighted by molar-refractivity contribution is 5.85. The maximum Gasteiger partial charge on any atom is 0.160 e. The predicted molar refractivity (Wildman–Crippen MR) is 55.7 cm³/mol. The third-order valence-electron chi connectivity index (χ3n) is 2.27. The maximum atomic E-state index is 8.84. The van der Waals surface area contributed by atoms with Crippen LogP contribution < -0.4 is 0 Å². The minimum atomic E-state index is -0.747. The van der Waals surface area contributed by atoms with Gasteiger partial charge < -0.3 is 0 Å². The Morgan fingerprint density at radius 1 is 1.07 bits per heavy atom. The minimum absolute atomic E-state index is 0.679. The Morgan fingerprint density at radius 3 is 2.53 bits per heavy atom. The van der Waals surface area contributed by atoms with E-state index in [0.29, 0.717) is 5.56 Å². The van der Waals surface area contributed by atoms with Gasteiger partial charge in [-0.15, -0.1) is 0 Å². The van der Waals surface area contributed by atoms with Crippen LogP contribution in [0, 0.1) is 22.7 Å². The van der Waals surface area contributed by atoms with Crippen molar-refractivity contribution in [2.75, 3.05) is 0 Å². The van der Waals surface area contributed by atoms with Crippen LogP contribution in [-0.4, -0.2) is 4.98 Å². The molecular formula is C12H7N3. The molecule has 0 saturated carbocycles. The normalized spacial score (nSPS) is 9.80. The van der Waals surface area contributed by atoms with Gasteiger partial charge in [0.1, 0.15) is 0 Å². The lowest BCUT2D eigenvalue weighted by Crippen LogP contribution is -1.94. The van der Waals surface area contributed by atoms with Crippen molar-refractivity contribution in [1.29, 1.82) is 10.5 Å². The van der Waals surface area contributed by atoms with Gasteiger partial charge in [0.05, 0.1) is 12.1 Å². The number of benzene rings is 1. The molecule has 0 amide bonds. The first-order valence-electron chi connectivity index (χ1n) is 4.48. The SMILES string of the molecule is N#CC(C#N)c1cncc2ccccc12. The van der Waals surface area contributed by atoms with Crippen LogP contribution in [0.3, 0.4) is 0 Å². The van der Waals surface area contributed by atoms with Crippen molar-refractivity contribution < 1.29 is 0 Å². The summed E-state index contributed by atoms with van der Waals surface area (Å²) in [7, 11) is 0. The molecule has 3 nitrogen and oxygen atoms in total. The van der Waals surface area contributed by atoms with Crippen LogP contribution in [0.25, 0.3) is 10.8 Å². The highest BCUT2D eigenvalue weighted by atomic mass is 14.6. The van der Waals surface area contributed by atoms with E-state index in [9.17, 15) is 0 Å². The summed E-state index contributed by atoms with van der Waals surface area (Å²) in [5.41, 5.74) is 0.679. The Hall–Kier alpha value is -2.39. The molecule has 1 heterocycles. The van der Waals surface area contributed by atoms with Gasteiger partial charge in [-0.1, -0.05) is 24.3 Å². The number of hydrogen-bond donors (Lipinski definition) is 0. The molecule has 70 valence electrons. The molecule has 2 aromatic rings. The Labute approximate surface area is 87.2 Å². The van der Waals surface area contributed by atoms with Crippen LogP contribution in [0.4, 0.5) is 0 Å². The second-order valence-electron chi connectivity index (χ2n) is 3.14. The Balaban J connectivity index is 2.73. The highest BCUT2D eigenvalue weighted by Crippen LogP contribution is 2.23. The van der Waals surface area contributed by atoms with Crippen molar-refractivity contribution in [3.05, 3.63) is 42.2 Å².